The molecule has 4 rings (SSSR count). The van der Waals surface area contributed by atoms with Gasteiger partial charge in [0.1, 0.15) is 5.75 Å². The number of methoxy groups -OCH3 is 1. The molecule has 6 atom stereocenters. The van der Waals surface area contributed by atoms with E-state index in [9.17, 15) is 26.3 Å². The monoisotopic (exact) mass is 747 g/mol. The van der Waals surface area contributed by atoms with Crippen molar-refractivity contribution >= 4 is 17.4 Å². The Kier molecular flexibility index (Phi) is 12.3. The van der Waals surface area contributed by atoms with E-state index < -0.39 is 41.7 Å². The highest BCUT2D eigenvalue weighted by molar-refractivity contribution is 6.69. The Hall–Kier alpha value is -1.31. The van der Waals surface area contributed by atoms with Gasteiger partial charge in [-0.05, 0) is 147 Å². The molecule has 0 unspecified atom stereocenters. The molecule has 0 aromatic heterocycles. The van der Waals surface area contributed by atoms with Gasteiger partial charge in [0.15, 0.2) is 8.32 Å². The van der Waals surface area contributed by atoms with Crippen LogP contribution < -0.4 is 4.74 Å². The summed E-state index contributed by atoms with van der Waals surface area (Å²) in [5.41, 5.74) is -1.57. The molecule has 285 valence electrons. The fraction of sp³-hybridized carbons (Fsp3) is 0.795. The van der Waals surface area contributed by atoms with E-state index in [1.165, 1.54) is 30.8 Å². The fourth-order valence-electron chi connectivity index (χ4n) is 10.7. The van der Waals surface area contributed by atoms with E-state index in [0.29, 0.717) is 18.3 Å². The molecule has 0 saturated heterocycles. The SMILES string of the molecule is C=C[C@@]12CCc3cc(OC)ccc3[C@H]1[C@@H](CCCCCCC(O[Si](C)(C)C)(C(F)(F)F)C(F)(F)F)C[C@]1(CO[Si](C)C)[C@@H](C(C)(C)C)CC[C@@H]21. The Labute approximate surface area is 300 Å². The van der Waals surface area contributed by atoms with Crippen molar-refractivity contribution in [1.29, 1.82) is 0 Å². The zero-order valence-electron chi connectivity index (χ0n) is 31.8. The summed E-state index contributed by atoms with van der Waals surface area (Å²) < 4.78 is 102. The Bertz CT molecular complexity index is 1300. The summed E-state index contributed by atoms with van der Waals surface area (Å²) in [7, 11) is -2.46. The van der Waals surface area contributed by atoms with Gasteiger partial charge in [0.2, 0.25) is 14.6 Å². The number of rotatable bonds is 14. The number of alkyl halides is 6. The molecule has 0 N–H and O–H groups in total. The maximum absolute atomic E-state index is 14.1. The fourth-order valence-corrected chi connectivity index (χ4v) is 12.6. The molecule has 0 heterocycles. The Morgan fingerprint density at radius 3 is 2.14 bits per heavy atom. The van der Waals surface area contributed by atoms with Crippen molar-refractivity contribution in [3.63, 3.8) is 0 Å². The van der Waals surface area contributed by atoms with Gasteiger partial charge in [-0.15, -0.1) is 6.58 Å². The third-order valence-corrected chi connectivity index (χ3v) is 14.0. The molecule has 0 amide bonds. The van der Waals surface area contributed by atoms with Gasteiger partial charge in [-0.25, -0.2) is 0 Å². The van der Waals surface area contributed by atoms with Crippen molar-refractivity contribution in [2.75, 3.05) is 13.7 Å². The van der Waals surface area contributed by atoms with E-state index in [1.807, 2.05) is 6.07 Å². The van der Waals surface area contributed by atoms with Crippen molar-refractivity contribution < 1.29 is 39.9 Å². The van der Waals surface area contributed by atoms with Crippen LogP contribution in [0.25, 0.3) is 0 Å². The highest BCUT2D eigenvalue weighted by Crippen LogP contribution is 2.73. The molecular formula is C39H61F6O3Si2. The molecule has 3 aliphatic carbocycles. The number of hydrogen-bond donors (Lipinski definition) is 0. The summed E-state index contributed by atoms with van der Waals surface area (Å²) in [5, 5.41) is 0. The van der Waals surface area contributed by atoms with Crippen LogP contribution in [-0.2, 0) is 15.3 Å². The number of unbranched alkanes of at least 4 members (excludes halogenated alkanes) is 3. The number of halogens is 6. The van der Waals surface area contributed by atoms with Gasteiger partial charge in [0.25, 0.3) is 0 Å². The van der Waals surface area contributed by atoms with Crippen LogP contribution in [0.1, 0.15) is 102 Å². The van der Waals surface area contributed by atoms with Crippen molar-refractivity contribution in [3.05, 3.63) is 42.0 Å². The minimum Gasteiger partial charge on any atom is -0.497 e. The van der Waals surface area contributed by atoms with Gasteiger partial charge in [-0.3, -0.25) is 0 Å². The van der Waals surface area contributed by atoms with Crippen LogP contribution in [0.15, 0.2) is 30.9 Å². The lowest BCUT2D eigenvalue weighted by atomic mass is 9.42. The van der Waals surface area contributed by atoms with Gasteiger partial charge in [-0.2, -0.15) is 26.3 Å². The van der Waals surface area contributed by atoms with Crippen LogP contribution >= 0.6 is 0 Å². The van der Waals surface area contributed by atoms with Gasteiger partial charge in [0, 0.05) is 6.61 Å². The van der Waals surface area contributed by atoms with Crippen LogP contribution in [-0.4, -0.2) is 49.0 Å². The first-order chi connectivity index (χ1) is 23.0. The molecule has 0 spiro atoms. The van der Waals surface area contributed by atoms with Crippen molar-refractivity contribution in [2.45, 2.75) is 148 Å². The second kappa shape index (κ2) is 14.8. The number of aryl methyl sites for hydroxylation is 1. The molecule has 3 aliphatic rings. The molecule has 0 aliphatic heterocycles. The minimum absolute atomic E-state index is 0.0350. The Balaban J connectivity index is 1.64. The van der Waals surface area contributed by atoms with E-state index in [0.717, 1.165) is 57.3 Å². The lowest BCUT2D eigenvalue weighted by Gasteiger charge is -2.63. The lowest BCUT2D eigenvalue weighted by molar-refractivity contribution is -0.362. The van der Waals surface area contributed by atoms with Crippen LogP contribution in [0.2, 0.25) is 32.7 Å². The number of hydrogen-bond acceptors (Lipinski definition) is 3. The molecule has 2 fully saturated rings. The lowest BCUT2D eigenvalue weighted by Crippen LogP contribution is -2.62. The van der Waals surface area contributed by atoms with Gasteiger partial charge in [-0.1, -0.05) is 52.2 Å². The number of allylic oxidation sites excluding steroid dienone is 1. The molecule has 11 heteroatoms. The predicted molar refractivity (Wildman–Crippen MR) is 193 cm³/mol. The zero-order chi connectivity index (χ0) is 37.6. The van der Waals surface area contributed by atoms with Gasteiger partial charge >= 0.3 is 12.4 Å². The average Bonchev–Trinajstić information content (AvgIpc) is 3.39. The Morgan fingerprint density at radius 2 is 1.60 bits per heavy atom. The number of ether oxygens (including phenoxy) is 1. The van der Waals surface area contributed by atoms with E-state index in [1.54, 1.807) is 7.11 Å². The number of fused-ring (bicyclic) bond motifs is 5. The molecule has 1 radical (unpaired) electrons. The third-order valence-electron chi connectivity index (χ3n) is 12.3. The zero-order valence-corrected chi connectivity index (χ0v) is 33.8. The standard InChI is InChI=1S/C39H61F6O3Si2/c1-11-35-23-21-27-24-29(46-5)17-18-30(27)33(35)28(25-36(26-47-49(6)7)31(34(2,3)4)19-20-32(35)36)16-14-12-13-15-22-37(38(40,41)42,39(43,44)45)48-50(8,9)10/h11,17-18,24,28,31-33H,1,12-16,19-23,25-26H2,2-10H3/t28-,31+,32-,33+,35-,36-/m0/s1. The normalized spacial score (nSPS) is 29.0. The maximum atomic E-state index is 14.1. The largest absolute Gasteiger partial charge is 0.497 e. The summed E-state index contributed by atoms with van der Waals surface area (Å²) in [6, 6.07) is 6.44. The summed E-state index contributed by atoms with van der Waals surface area (Å²) in [4.78, 5) is 0. The van der Waals surface area contributed by atoms with Crippen molar-refractivity contribution in [1.82, 2.24) is 0 Å². The summed E-state index contributed by atoms with van der Waals surface area (Å²) in [6.07, 6.45) is -2.55. The Morgan fingerprint density at radius 1 is 0.960 bits per heavy atom. The molecule has 2 saturated carbocycles. The maximum Gasteiger partial charge on any atom is 0.425 e. The second-order valence-corrected chi connectivity index (χ2v) is 24.3. The molecule has 0 bridgehead atoms. The van der Waals surface area contributed by atoms with Crippen molar-refractivity contribution in [2.24, 2.45) is 34.0 Å². The average molecular weight is 748 g/mol. The first kappa shape index (κ1) is 41.4. The van der Waals surface area contributed by atoms with Gasteiger partial charge < -0.3 is 13.6 Å². The molecule has 1 aromatic rings. The van der Waals surface area contributed by atoms with Crippen LogP contribution in [0.3, 0.4) is 0 Å². The molecule has 1 aromatic carbocycles. The van der Waals surface area contributed by atoms with Crippen molar-refractivity contribution in [3.8, 4) is 5.75 Å². The summed E-state index contributed by atoms with van der Waals surface area (Å²) >= 11 is 0. The predicted octanol–water partition coefficient (Wildman–Crippen LogP) is 12.3. The van der Waals surface area contributed by atoms with E-state index in [4.69, 9.17) is 13.6 Å². The van der Waals surface area contributed by atoms with E-state index in [-0.39, 0.29) is 40.9 Å². The quantitative estimate of drug-likeness (QED) is 0.0821. The first-order valence-corrected chi connectivity index (χ1v) is 24.4. The smallest absolute Gasteiger partial charge is 0.425 e. The second-order valence-electron chi connectivity index (χ2n) is 17.8. The summed E-state index contributed by atoms with van der Waals surface area (Å²) in [6.45, 7) is 20.8. The third kappa shape index (κ3) is 7.96. The minimum atomic E-state index is -5.55. The van der Waals surface area contributed by atoms with Crippen LogP contribution in [0.5, 0.6) is 5.75 Å². The molecular weight excluding hydrogens is 687 g/mol. The van der Waals surface area contributed by atoms with Crippen LogP contribution in [0.4, 0.5) is 26.3 Å². The van der Waals surface area contributed by atoms with E-state index in [2.05, 4.69) is 58.7 Å². The highest BCUT2D eigenvalue weighted by Gasteiger charge is 2.72. The van der Waals surface area contributed by atoms with Gasteiger partial charge in [0.05, 0.1) is 7.11 Å². The highest BCUT2D eigenvalue weighted by atomic mass is 28.4. The van der Waals surface area contributed by atoms with E-state index >= 15 is 0 Å². The molecule has 50 heavy (non-hydrogen) atoms. The summed E-state index contributed by atoms with van der Waals surface area (Å²) in [5.74, 6) is 2.22. The number of benzene rings is 1. The topological polar surface area (TPSA) is 27.7 Å². The van der Waals surface area contributed by atoms with Crippen LogP contribution in [0, 0.1) is 34.0 Å². The molecule has 3 nitrogen and oxygen atoms in total. The first-order valence-electron chi connectivity index (χ1n) is 18.5.